The standard InChI is InChI=1S/C16H10F8N6OS/c17-16(18,19)11-1-9(2-12(3-11)32(20,21,22,23)24)15-28-8-30(29-15)6-13(14(25)31)10-4-26-7-27-5-10/h1-8H,(H2,25,31)/b13-6+. The fraction of sp³-hybridized carbons (Fsp3) is 0.0625. The summed E-state index contributed by atoms with van der Waals surface area (Å²) < 4.78 is 106. The molecule has 2 aromatic heterocycles. The Bertz CT molecular complexity index is 1220. The third kappa shape index (κ3) is 5.19. The van der Waals surface area contributed by atoms with Crippen molar-refractivity contribution in [3.8, 4) is 11.4 Å². The van der Waals surface area contributed by atoms with E-state index in [1.54, 1.807) is 0 Å². The summed E-state index contributed by atoms with van der Waals surface area (Å²) in [4.78, 5) is 19.8. The Hall–Kier alpha value is -3.56. The van der Waals surface area contributed by atoms with Crippen LogP contribution in [0.4, 0.5) is 32.6 Å². The summed E-state index contributed by atoms with van der Waals surface area (Å²) in [7, 11) is -10.5. The number of hydrogen-bond acceptors (Lipinski definition) is 5. The molecule has 0 radical (unpaired) electrons. The minimum atomic E-state index is -10.5. The second kappa shape index (κ2) is 6.72. The maximum Gasteiger partial charge on any atom is 0.416 e. The van der Waals surface area contributed by atoms with Crippen LogP contribution in [-0.4, -0.2) is 30.6 Å². The number of amides is 1. The van der Waals surface area contributed by atoms with Crippen LogP contribution in [0, 0.1) is 0 Å². The van der Waals surface area contributed by atoms with Gasteiger partial charge in [-0.15, -0.1) is 5.10 Å². The molecule has 1 amide bonds. The molecular weight excluding hydrogens is 476 g/mol. The van der Waals surface area contributed by atoms with E-state index in [-0.39, 0.29) is 23.3 Å². The fourth-order valence-electron chi connectivity index (χ4n) is 2.43. The summed E-state index contributed by atoms with van der Waals surface area (Å²) in [6, 6.07) is -0.667. The number of alkyl halides is 3. The average Bonchev–Trinajstić information content (AvgIpc) is 3.12. The number of nitrogens with two attached hydrogens (primary N) is 1. The predicted octanol–water partition coefficient (Wildman–Crippen LogP) is 4.89. The van der Waals surface area contributed by atoms with E-state index in [1.807, 2.05) is 0 Å². The Morgan fingerprint density at radius 1 is 1.03 bits per heavy atom. The van der Waals surface area contributed by atoms with Gasteiger partial charge < -0.3 is 5.73 Å². The van der Waals surface area contributed by atoms with Crippen LogP contribution in [0.2, 0.25) is 0 Å². The molecule has 2 N–H and O–H groups in total. The van der Waals surface area contributed by atoms with Crippen molar-refractivity contribution in [2.75, 3.05) is 0 Å². The summed E-state index contributed by atoms with van der Waals surface area (Å²) in [5, 5.41) is 3.63. The molecule has 0 spiro atoms. The van der Waals surface area contributed by atoms with E-state index in [4.69, 9.17) is 5.73 Å². The molecule has 16 heteroatoms. The van der Waals surface area contributed by atoms with Crippen LogP contribution < -0.4 is 5.73 Å². The molecule has 0 bridgehead atoms. The van der Waals surface area contributed by atoms with E-state index >= 15 is 0 Å². The minimum Gasteiger partial charge on any atom is -0.366 e. The highest BCUT2D eigenvalue weighted by molar-refractivity contribution is 8.45. The molecule has 2 heterocycles. The Morgan fingerprint density at radius 3 is 2.19 bits per heavy atom. The zero-order valence-corrected chi connectivity index (χ0v) is 16.1. The van der Waals surface area contributed by atoms with Crippen LogP contribution in [-0.2, 0) is 11.0 Å². The van der Waals surface area contributed by atoms with Gasteiger partial charge >= 0.3 is 16.4 Å². The number of primary amides is 1. The highest BCUT2D eigenvalue weighted by Gasteiger charge is 2.66. The van der Waals surface area contributed by atoms with Crippen LogP contribution in [0.15, 0.2) is 48.1 Å². The maximum atomic E-state index is 13.2. The van der Waals surface area contributed by atoms with Gasteiger partial charge in [-0.1, -0.05) is 19.4 Å². The van der Waals surface area contributed by atoms with E-state index in [0.29, 0.717) is 0 Å². The van der Waals surface area contributed by atoms with Crippen molar-refractivity contribution >= 4 is 27.9 Å². The van der Waals surface area contributed by atoms with Crippen molar-refractivity contribution in [1.82, 2.24) is 24.7 Å². The third-order valence-electron chi connectivity index (χ3n) is 3.84. The molecule has 3 rings (SSSR count). The quantitative estimate of drug-likeness (QED) is 0.409. The van der Waals surface area contributed by atoms with E-state index in [0.717, 1.165) is 23.5 Å². The molecule has 1 aromatic carbocycles. The van der Waals surface area contributed by atoms with Crippen LogP contribution in [0.3, 0.4) is 0 Å². The van der Waals surface area contributed by atoms with Crippen molar-refractivity contribution in [2.24, 2.45) is 5.73 Å². The van der Waals surface area contributed by atoms with Gasteiger partial charge in [0, 0.05) is 29.7 Å². The van der Waals surface area contributed by atoms with Crippen molar-refractivity contribution in [1.29, 1.82) is 0 Å². The number of nitrogens with zero attached hydrogens (tertiary/aromatic N) is 5. The summed E-state index contributed by atoms with van der Waals surface area (Å²) >= 11 is 0. The molecule has 0 saturated heterocycles. The van der Waals surface area contributed by atoms with Crippen molar-refractivity contribution < 1.29 is 37.4 Å². The van der Waals surface area contributed by atoms with Gasteiger partial charge in [-0.25, -0.2) is 19.6 Å². The van der Waals surface area contributed by atoms with Crippen LogP contribution in [0.25, 0.3) is 23.2 Å². The first-order chi connectivity index (χ1) is 14.4. The smallest absolute Gasteiger partial charge is 0.366 e. The molecular formula is C16H10F8N6OS. The van der Waals surface area contributed by atoms with Gasteiger partial charge in [-0.3, -0.25) is 4.79 Å². The Balaban J connectivity index is 2.14. The predicted molar refractivity (Wildman–Crippen MR) is 97.3 cm³/mol. The summed E-state index contributed by atoms with van der Waals surface area (Å²) in [5.41, 5.74) is 2.21. The van der Waals surface area contributed by atoms with Crippen molar-refractivity contribution in [3.05, 3.63) is 54.4 Å². The Morgan fingerprint density at radius 2 is 1.66 bits per heavy atom. The summed E-state index contributed by atoms with van der Waals surface area (Å²) in [6.45, 7) is 0. The SMILES string of the molecule is NC(=O)/C(=C/n1cnc(-c2cc(C(F)(F)F)cc(S(F)(F)(F)(F)F)c2)n1)c1cncnc1. The molecule has 32 heavy (non-hydrogen) atoms. The number of rotatable bonds is 5. The van der Waals surface area contributed by atoms with Crippen molar-refractivity contribution in [3.63, 3.8) is 0 Å². The zero-order valence-electron chi connectivity index (χ0n) is 15.3. The van der Waals surface area contributed by atoms with Crippen LogP contribution in [0.5, 0.6) is 0 Å². The first kappa shape index (κ1) is 23.1. The summed E-state index contributed by atoms with van der Waals surface area (Å²) in [6.07, 6.45) is -0.0229. The lowest BCUT2D eigenvalue weighted by Gasteiger charge is -2.40. The van der Waals surface area contributed by atoms with Crippen LogP contribution in [0.1, 0.15) is 11.1 Å². The number of carbonyl (C=O) groups excluding carboxylic acids is 1. The van der Waals surface area contributed by atoms with Gasteiger partial charge in [-0.2, -0.15) is 13.2 Å². The number of benzene rings is 1. The topological polar surface area (TPSA) is 99.6 Å². The number of aromatic nitrogens is 5. The van der Waals surface area contributed by atoms with Gasteiger partial charge in [0.2, 0.25) is 0 Å². The first-order valence-corrected chi connectivity index (χ1v) is 10.0. The second-order valence-corrected chi connectivity index (χ2v) is 8.70. The molecule has 172 valence electrons. The normalized spacial score (nSPS) is 15.2. The molecule has 0 aliphatic carbocycles. The Labute approximate surface area is 173 Å². The molecule has 0 aliphatic rings. The monoisotopic (exact) mass is 486 g/mol. The number of carbonyl (C=O) groups is 1. The molecule has 3 aromatic rings. The average molecular weight is 486 g/mol. The highest BCUT2D eigenvalue weighted by atomic mass is 32.5. The second-order valence-electron chi connectivity index (χ2n) is 6.30. The lowest BCUT2D eigenvalue weighted by Crippen LogP contribution is -2.14. The number of hydrogen-bond donors (Lipinski definition) is 1. The third-order valence-corrected chi connectivity index (χ3v) is 4.97. The molecule has 7 nitrogen and oxygen atoms in total. The van der Waals surface area contributed by atoms with Crippen LogP contribution >= 0.6 is 10.2 Å². The lowest BCUT2D eigenvalue weighted by atomic mass is 10.1. The molecule has 0 atom stereocenters. The van der Waals surface area contributed by atoms with E-state index in [2.05, 4.69) is 20.1 Å². The fourth-order valence-corrected chi connectivity index (χ4v) is 3.13. The van der Waals surface area contributed by atoms with E-state index in [9.17, 15) is 37.4 Å². The first-order valence-electron chi connectivity index (χ1n) is 8.09. The van der Waals surface area contributed by atoms with Gasteiger partial charge in [0.05, 0.1) is 11.1 Å². The highest BCUT2D eigenvalue weighted by Crippen LogP contribution is 3.02. The van der Waals surface area contributed by atoms with Gasteiger partial charge in [-0.05, 0) is 18.2 Å². The van der Waals surface area contributed by atoms with Gasteiger partial charge in [0.25, 0.3) is 5.91 Å². The number of halogens is 8. The van der Waals surface area contributed by atoms with E-state index < -0.39 is 50.2 Å². The maximum absolute atomic E-state index is 13.2. The molecule has 0 aliphatic heterocycles. The molecule has 0 unspecified atom stereocenters. The van der Waals surface area contributed by atoms with Crippen molar-refractivity contribution in [2.45, 2.75) is 11.1 Å². The Kier molecular flexibility index (Phi) is 4.85. The molecule has 0 saturated carbocycles. The largest absolute Gasteiger partial charge is 0.416 e. The summed E-state index contributed by atoms with van der Waals surface area (Å²) in [5.74, 6) is -1.73. The van der Waals surface area contributed by atoms with Gasteiger partial charge in [0.1, 0.15) is 17.6 Å². The zero-order chi connectivity index (χ0) is 24.0. The minimum absolute atomic E-state index is 0.124. The van der Waals surface area contributed by atoms with Gasteiger partial charge in [0.15, 0.2) is 5.82 Å². The van der Waals surface area contributed by atoms with E-state index in [1.165, 1.54) is 12.4 Å². The molecule has 0 fully saturated rings. The lowest BCUT2D eigenvalue weighted by molar-refractivity contribution is -0.137.